The molecule has 2 aromatic carbocycles. The molecule has 0 saturated carbocycles. The third kappa shape index (κ3) is 2.52. The van der Waals surface area contributed by atoms with Gasteiger partial charge in [-0.15, -0.1) is 0 Å². The number of ether oxygens (including phenoxy) is 1. The van der Waals surface area contributed by atoms with Crippen molar-refractivity contribution in [2.45, 2.75) is 0 Å². The SMILES string of the molecule is N#Cc1c(F)cccc1Oc1cc(N)ccc1C(=O)O. The van der Waals surface area contributed by atoms with Crippen molar-refractivity contribution >= 4 is 11.7 Å². The Bertz CT molecular complexity index is 723. The lowest BCUT2D eigenvalue weighted by molar-refractivity contribution is 0.0694. The van der Waals surface area contributed by atoms with Crippen molar-refractivity contribution < 1.29 is 19.0 Å². The molecule has 0 aliphatic carbocycles. The van der Waals surface area contributed by atoms with Crippen LogP contribution in [0.2, 0.25) is 0 Å². The van der Waals surface area contributed by atoms with Gasteiger partial charge < -0.3 is 15.6 Å². The smallest absolute Gasteiger partial charge is 0.339 e. The van der Waals surface area contributed by atoms with Gasteiger partial charge in [-0.2, -0.15) is 5.26 Å². The standard InChI is InChI=1S/C14H9FN2O3/c15-11-2-1-3-12(10(11)7-16)20-13-6-8(17)4-5-9(13)14(18)19/h1-6H,17H2,(H,18,19). The Kier molecular flexibility index (Phi) is 3.53. The van der Waals surface area contributed by atoms with E-state index in [4.69, 9.17) is 20.8 Å². The summed E-state index contributed by atoms with van der Waals surface area (Å²) < 4.78 is 18.8. The molecule has 0 heterocycles. The number of carboxylic acid groups (broad SMARTS) is 1. The summed E-state index contributed by atoms with van der Waals surface area (Å²) in [5, 5.41) is 18.0. The molecule has 100 valence electrons. The molecule has 20 heavy (non-hydrogen) atoms. The molecule has 0 radical (unpaired) electrons. The molecule has 0 aliphatic heterocycles. The van der Waals surface area contributed by atoms with Crippen LogP contribution in [0.1, 0.15) is 15.9 Å². The zero-order valence-electron chi connectivity index (χ0n) is 10.1. The maximum atomic E-state index is 13.4. The molecule has 0 saturated heterocycles. The summed E-state index contributed by atoms with van der Waals surface area (Å²) >= 11 is 0. The van der Waals surface area contributed by atoms with Gasteiger partial charge in [0.1, 0.15) is 34.5 Å². The fraction of sp³-hybridized carbons (Fsp3) is 0. The third-order valence-corrected chi connectivity index (χ3v) is 2.54. The second-order valence-electron chi connectivity index (χ2n) is 3.89. The van der Waals surface area contributed by atoms with Crippen LogP contribution in [0.5, 0.6) is 11.5 Å². The van der Waals surface area contributed by atoms with Gasteiger partial charge in [0.2, 0.25) is 0 Å². The molecule has 2 rings (SSSR count). The minimum absolute atomic E-state index is 0.0559. The number of anilines is 1. The maximum absolute atomic E-state index is 13.4. The molecule has 0 fully saturated rings. The normalized spacial score (nSPS) is 9.80. The highest BCUT2D eigenvalue weighted by molar-refractivity contribution is 5.91. The van der Waals surface area contributed by atoms with Crippen LogP contribution >= 0.6 is 0 Å². The van der Waals surface area contributed by atoms with E-state index in [1.807, 2.05) is 0 Å². The first-order valence-corrected chi connectivity index (χ1v) is 5.52. The highest BCUT2D eigenvalue weighted by atomic mass is 19.1. The number of hydrogen-bond donors (Lipinski definition) is 2. The first kappa shape index (κ1) is 13.4. The Morgan fingerprint density at radius 1 is 1.30 bits per heavy atom. The largest absolute Gasteiger partial charge is 0.478 e. The summed E-state index contributed by atoms with van der Waals surface area (Å²) in [6, 6.07) is 9.50. The Labute approximate surface area is 113 Å². The number of carboxylic acids is 1. The number of benzene rings is 2. The number of halogens is 1. The van der Waals surface area contributed by atoms with Gasteiger partial charge in [-0.25, -0.2) is 9.18 Å². The van der Waals surface area contributed by atoms with Crippen molar-refractivity contribution in [3.8, 4) is 17.6 Å². The summed E-state index contributed by atoms with van der Waals surface area (Å²) in [7, 11) is 0. The van der Waals surface area contributed by atoms with Gasteiger partial charge in [-0.05, 0) is 24.3 Å². The fourth-order valence-corrected chi connectivity index (χ4v) is 1.62. The van der Waals surface area contributed by atoms with Crippen LogP contribution in [-0.2, 0) is 0 Å². The van der Waals surface area contributed by atoms with Gasteiger partial charge >= 0.3 is 5.97 Å². The molecule has 0 unspecified atom stereocenters. The Balaban J connectivity index is 2.51. The molecule has 5 nitrogen and oxygen atoms in total. The van der Waals surface area contributed by atoms with Crippen LogP contribution in [0, 0.1) is 17.1 Å². The molecular formula is C14H9FN2O3. The van der Waals surface area contributed by atoms with E-state index >= 15 is 0 Å². The predicted octanol–water partition coefficient (Wildman–Crippen LogP) is 2.77. The molecule has 6 heteroatoms. The van der Waals surface area contributed by atoms with E-state index < -0.39 is 11.8 Å². The average Bonchev–Trinajstić information content (AvgIpc) is 2.38. The van der Waals surface area contributed by atoms with Crippen molar-refractivity contribution in [1.29, 1.82) is 5.26 Å². The first-order valence-electron chi connectivity index (χ1n) is 5.52. The molecule has 0 bridgehead atoms. The second-order valence-corrected chi connectivity index (χ2v) is 3.89. The molecule has 0 aromatic heterocycles. The molecule has 2 aromatic rings. The van der Waals surface area contributed by atoms with Crippen LogP contribution in [0.15, 0.2) is 36.4 Å². The van der Waals surface area contributed by atoms with Crippen LogP contribution in [0.4, 0.5) is 10.1 Å². The van der Waals surface area contributed by atoms with Crippen LogP contribution in [0.3, 0.4) is 0 Å². The Morgan fingerprint density at radius 2 is 2.05 bits per heavy atom. The van der Waals surface area contributed by atoms with E-state index in [0.29, 0.717) is 5.69 Å². The fourth-order valence-electron chi connectivity index (χ4n) is 1.62. The van der Waals surface area contributed by atoms with Crippen molar-refractivity contribution in [1.82, 2.24) is 0 Å². The van der Waals surface area contributed by atoms with Crippen molar-refractivity contribution in [3.63, 3.8) is 0 Å². The Morgan fingerprint density at radius 3 is 2.70 bits per heavy atom. The summed E-state index contributed by atoms with van der Waals surface area (Å²) in [5.74, 6) is -2.08. The molecular weight excluding hydrogens is 263 g/mol. The van der Waals surface area contributed by atoms with Gasteiger partial charge in [0.15, 0.2) is 0 Å². The lowest BCUT2D eigenvalue weighted by atomic mass is 10.1. The monoisotopic (exact) mass is 272 g/mol. The number of nitrogen functional groups attached to an aromatic ring is 1. The topological polar surface area (TPSA) is 96.3 Å². The lowest BCUT2D eigenvalue weighted by Crippen LogP contribution is -2.02. The van der Waals surface area contributed by atoms with Crippen molar-refractivity contribution in [3.05, 3.63) is 53.3 Å². The van der Waals surface area contributed by atoms with Crippen molar-refractivity contribution in [2.24, 2.45) is 0 Å². The van der Waals surface area contributed by atoms with E-state index in [9.17, 15) is 9.18 Å². The number of aromatic carboxylic acids is 1. The van der Waals surface area contributed by atoms with Gasteiger partial charge in [0.25, 0.3) is 0 Å². The van der Waals surface area contributed by atoms with E-state index in [1.165, 1.54) is 30.3 Å². The van der Waals surface area contributed by atoms with E-state index in [2.05, 4.69) is 0 Å². The van der Waals surface area contributed by atoms with Crippen LogP contribution in [-0.4, -0.2) is 11.1 Å². The van der Waals surface area contributed by atoms with Crippen LogP contribution < -0.4 is 10.5 Å². The number of nitrogens with two attached hydrogens (primary N) is 1. The minimum atomic E-state index is -1.21. The van der Waals surface area contributed by atoms with Gasteiger partial charge in [-0.1, -0.05) is 6.07 Å². The Hall–Kier alpha value is -3.07. The van der Waals surface area contributed by atoms with E-state index in [-0.39, 0.29) is 22.6 Å². The number of rotatable bonds is 3. The molecule has 0 atom stereocenters. The summed E-state index contributed by atoms with van der Waals surface area (Å²) in [4.78, 5) is 11.1. The molecule has 0 amide bonds. The van der Waals surface area contributed by atoms with Crippen molar-refractivity contribution in [2.75, 3.05) is 5.73 Å². The zero-order valence-corrected chi connectivity index (χ0v) is 10.1. The summed E-state index contributed by atoms with van der Waals surface area (Å²) in [6.45, 7) is 0. The molecule has 0 spiro atoms. The van der Waals surface area contributed by atoms with Gasteiger partial charge in [-0.3, -0.25) is 0 Å². The summed E-state index contributed by atoms with van der Waals surface area (Å²) in [6.07, 6.45) is 0. The molecule has 3 N–H and O–H groups in total. The predicted molar refractivity (Wildman–Crippen MR) is 69.0 cm³/mol. The van der Waals surface area contributed by atoms with E-state index in [0.717, 1.165) is 6.07 Å². The first-order chi connectivity index (χ1) is 9.52. The molecule has 0 aliphatic rings. The van der Waals surface area contributed by atoms with E-state index in [1.54, 1.807) is 6.07 Å². The number of hydrogen-bond acceptors (Lipinski definition) is 4. The average molecular weight is 272 g/mol. The minimum Gasteiger partial charge on any atom is -0.478 e. The quantitative estimate of drug-likeness (QED) is 0.837. The van der Waals surface area contributed by atoms with Gasteiger partial charge in [0.05, 0.1) is 0 Å². The number of nitrogens with zero attached hydrogens (tertiary/aromatic N) is 1. The third-order valence-electron chi connectivity index (χ3n) is 2.54. The second kappa shape index (κ2) is 5.28. The lowest BCUT2D eigenvalue weighted by Gasteiger charge is -2.11. The zero-order chi connectivity index (χ0) is 14.7. The van der Waals surface area contributed by atoms with Crippen LogP contribution in [0.25, 0.3) is 0 Å². The maximum Gasteiger partial charge on any atom is 0.339 e. The highest BCUT2D eigenvalue weighted by Crippen LogP contribution is 2.30. The highest BCUT2D eigenvalue weighted by Gasteiger charge is 2.15. The van der Waals surface area contributed by atoms with Gasteiger partial charge in [0, 0.05) is 11.8 Å². The number of nitriles is 1. The summed E-state index contributed by atoms with van der Waals surface area (Å²) in [5.41, 5.74) is 5.43. The number of carbonyl (C=O) groups is 1.